The van der Waals surface area contributed by atoms with Gasteiger partial charge in [0.1, 0.15) is 11.5 Å². The fourth-order valence-electron chi connectivity index (χ4n) is 4.79. The SMILES string of the molecule is Cc1cc(-c2cc(C(=O)N3C[C@H]4CNC[C@H]4C3)c3cnn(C(C)C)c3n2)c(C)o1.Cl.Cl. The molecule has 5 heterocycles. The highest BCUT2D eigenvalue weighted by Gasteiger charge is 2.39. The second-order valence-electron chi connectivity index (χ2n) is 8.69. The zero-order chi connectivity index (χ0) is 20.3. The van der Waals surface area contributed by atoms with Crippen molar-refractivity contribution in [1.82, 2.24) is 25.0 Å². The van der Waals surface area contributed by atoms with Crippen LogP contribution in [0.1, 0.15) is 41.8 Å². The highest BCUT2D eigenvalue weighted by atomic mass is 35.5. The number of aromatic nitrogens is 3. The van der Waals surface area contributed by atoms with E-state index in [1.807, 2.05) is 35.6 Å². The molecule has 31 heavy (non-hydrogen) atoms. The van der Waals surface area contributed by atoms with Gasteiger partial charge in [0.2, 0.25) is 0 Å². The maximum Gasteiger partial charge on any atom is 0.254 e. The molecule has 168 valence electrons. The molecule has 0 saturated carbocycles. The van der Waals surface area contributed by atoms with E-state index in [0.29, 0.717) is 17.4 Å². The lowest BCUT2D eigenvalue weighted by molar-refractivity contribution is 0.0783. The van der Waals surface area contributed by atoms with Crippen molar-refractivity contribution in [3.63, 3.8) is 0 Å². The number of hydrogen-bond acceptors (Lipinski definition) is 5. The van der Waals surface area contributed by atoms with Crippen molar-refractivity contribution < 1.29 is 9.21 Å². The van der Waals surface area contributed by atoms with E-state index in [1.54, 1.807) is 6.20 Å². The molecular weight excluding hydrogens is 437 g/mol. The Bertz CT molecular complexity index is 1090. The summed E-state index contributed by atoms with van der Waals surface area (Å²) in [5, 5.41) is 8.79. The lowest BCUT2D eigenvalue weighted by Crippen LogP contribution is -2.32. The van der Waals surface area contributed by atoms with Gasteiger partial charge in [-0.1, -0.05) is 0 Å². The Hall–Kier alpha value is -2.09. The van der Waals surface area contributed by atoms with E-state index < -0.39 is 0 Å². The van der Waals surface area contributed by atoms with Crippen molar-refractivity contribution in [2.24, 2.45) is 11.8 Å². The molecule has 2 aliphatic rings. The van der Waals surface area contributed by atoms with Gasteiger partial charge in [-0.15, -0.1) is 24.8 Å². The topological polar surface area (TPSA) is 76.2 Å². The summed E-state index contributed by atoms with van der Waals surface area (Å²) in [6.07, 6.45) is 1.78. The Labute approximate surface area is 194 Å². The lowest BCUT2D eigenvalue weighted by atomic mass is 10.0. The van der Waals surface area contributed by atoms with Crippen molar-refractivity contribution in [3.05, 3.63) is 35.4 Å². The minimum absolute atomic E-state index is 0. The number of aryl methyl sites for hydroxylation is 2. The zero-order valence-electron chi connectivity index (χ0n) is 18.2. The number of rotatable bonds is 3. The van der Waals surface area contributed by atoms with E-state index in [1.165, 1.54) is 0 Å². The Morgan fingerprint density at radius 2 is 1.84 bits per heavy atom. The first kappa shape index (κ1) is 23.6. The first-order valence-electron chi connectivity index (χ1n) is 10.4. The second-order valence-corrected chi connectivity index (χ2v) is 8.69. The third-order valence-corrected chi connectivity index (χ3v) is 6.28. The molecule has 0 unspecified atom stereocenters. The summed E-state index contributed by atoms with van der Waals surface area (Å²) in [6, 6.07) is 4.06. The molecule has 2 atom stereocenters. The van der Waals surface area contributed by atoms with Gasteiger partial charge in [0.15, 0.2) is 5.65 Å². The Kier molecular flexibility index (Phi) is 6.69. The molecule has 2 aliphatic heterocycles. The van der Waals surface area contributed by atoms with E-state index in [4.69, 9.17) is 9.40 Å². The molecule has 1 amide bonds. The molecule has 5 rings (SSSR count). The van der Waals surface area contributed by atoms with Gasteiger partial charge in [0.25, 0.3) is 5.91 Å². The number of likely N-dealkylation sites (tertiary alicyclic amines) is 1. The zero-order valence-corrected chi connectivity index (χ0v) is 19.8. The van der Waals surface area contributed by atoms with Crippen LogP contribution in [-0.2, 0) is 0 Å². The average Bonchev–Trinajstić information content (AvgIpc) is 3.42. The molecule has 7 nitrogen and oxygen atoms in total. The predicted octanol–water partition coefficient (Wildman–Crippen LogP) is 4.02. The van der Waals surface area contributed by atoms with Crippen LogP contribution >= 0.6 is 24.8 Å². The van der Waals surface area contributed by atoms with Crippen molar-refractivity contribution in [1.29, 1.82) is 0 Å². The maximum absolute atomic E-state index is 13.6. The summed E-state index contributed by atoms with van der Waals surface area (Å²) in [6.45, 7) is 11.7. The van der Waals surface area contributed by atoms with Gasteiger partial charge in [-0.3, -0.25) is 4.79 Å². The average molecular weight is 466 g/mol. The van der Waals surface area contributed by atoms with Crippen molar-refractivity contribution in [2.45, 2.75) is 33.7 Å². The number of carbonyl (C=O) groups excluding carboxylic acids is 1. The summed E-state index contributed by atoms with van der Waals surface area (Å²) in [5.74, 6) is 2.85. The summed E-state index contributed by atoms with van der Waals surface area (Å²) in [4.78, 5) is 20.5. The molecule has 2 fully saturated rings. The second kappa shape index (κ2) is 8.81. The van der Waals surface area contributed by atoms with Gasteiger partial charge in [-0.05, 0) is 51.7 Å². The van der Waals surface area contributed by atoms with Crippen LogP contribution in [0, 0.1) is 25.7 Å². The molecule has 0 bridgehead atoms. The summed E-state index contributed by atoms with van der Waals surface area (Å²) in [5.41, 5.74) is 3.12. The van der Waals surface area contributed by atoms with E-state index in [-0.39, 0.29) is 36.8 Å². The predicted molar refractivity (Wildman–Crippen MR) is 125 cm³/mol. The third kappa shape index (κ3) is 3.95. The highest BCUT2D eigenvalue weighted by molar-refractivity contribution is 6.06. The van der Waals surface area contributed by atoms with E-state index in [0.717, 1.165) is 60.0 Å². The van der Waals surface area contributed by atoms with Gasteiger partial charge in [0, 0.05) is 37.8 Å². The maximum atomic E-state index is 13.6. The molecule has 2 saturated heterocycles. The van der Waals surface area contributed by atoms with E-state index in [2.05, 4.69) is 24.3 Å². The minimum Gasteiger partial charge on any atom is -0.466 e. The standard InChI is InChI=1S/C22H27N5O2.2ClH/c1-12(2)27-21-19(9-24-27)18(6-20(25-21)17-5-13(3)29-14(17)4)22(28)26-10-15-7-23-8-16(15)11-26;;/h5-6,9,12,15-16,23H,7-8,10-11H2,1-4H3;2*1H/t15-,16+;;. The summed E-state index contributed by atoms with van der Waals surface area (Å²) >= 11 is 0. The van der Waals surface area contributed by atoms with Gasteiger partial charge in [-0.2, -0.15) is 5.10 Å². The Balaban J connectivity index is 0.00000136. The number of amides is 1. The number of pyridine rings is 1. The van der Waals surface area contributed by atoms with Gasteiger partial charge in [-0.25, -0.2) is 9.67 Å². The van der Waals surface area contributed by atoms with Crippen LogP contribution in [0.3, 0.4) is 0 Å². The number of hydrogen-bond donors (Lipinski definition) is 1. The smallest absolute Gasteiger partial charge is 0.254 e. The van der Waals surface area contributed by atoms with Crippen LogP contribution in [0.4, 0.5) is 0 Å². The van der Waals surface area contributed by atoms with Crippen molar-refractivity contribution >= 4 is 41.8 Å². The summed E-state index contributed by atoms with van der Waals surface area (Å²) < 4.78 is 7.62. The van der Waals surface area contributed by atoms with Crippen LogP contribution in [0.5, 0.6) is 0 Å². The van der Waals surface area contributed by atoms with E-state index in [9.17, 15) is 4.79 Å². The molecule has 0 aliphatic carbocycles. The van der Waals surface area contributed by atoms with Crippen molar-refractivity contribution in [3.8, 4) is 11.3 Å². The van der Waals surface area contributed by atoms with Crippen LogP contribution in [0.2, 0.25) is 0 Å². The molecule has 0 aromatic carbocycles. The molecule has 0 spiro atoms. The number of carbonyl (C=O) groups is 1. The van der Waals surface area contributed by atoms with Crippen LogP contribution in [0.15, 0.2) is 22.7 Å². The molecule has 9 heteroatoms. The minimum atomic E-state index is 0. The number of fused-ring (bicyclic) bond motifs is 2. The van der Waals surface area contributed by atoms with Crippen LogP contribution in [-0.4, -0.2) is 51.8 Å². The normalized spacial score (nSPS) is 20.1. The van der Waals surface area contributed by atoms with Gasteiger partial charge in [0.05, 0.1) is 22.8 Å². The molecule has 1 N–H and O–H groups in total. The largest absolute Gasteiger partial charge is 0.466 e. The monoisotopic (exact) mass is 465 g/mol. The van der Waals surface area contributed by atoms with Crippen molar-refractivity contribution in [2.75, 3.05) is 26.2 Å². The quantitative estimate of drug-likeness (QED) is 0.631. The molecule has 3 aromatic heterocycles. The third-order valence-electron chi connectivity index (χ3n) is 6.28. The Morgan fingerprint density at radius 1 is 1.16 bits per heavy atom. The van der Waals surface area contributed by atoms with Crippen LogP contribution in [0.25, 0.3) is 22.3 Å². The van der Waals surface area contributed by atoms with Gasteiger partial charge < -0.3 is 14.6 Å². The molecule has 0 radical (unpaired) electrons. The van der Waals surface area contributed by atoms with E-state index >= 15 is 0 Å². The summed E-state index contributed by atoms with van der Waals surface area (Å²) in [7, 11) is 0. The first-order chi connectivity index (χ1) is 13.9. The first-order valence-corrected chi connectivity index (χ1v) is 10.4. The number of nitrogens with one attached hydrogen (secondary N) is 1. The highest BCUT2D eigenvalue weighted by Crippen LogP contribution is 2.33. The fourth-order valence-corrected chi connectivity index (χ4v) is 4.79. The number of furan rings is 1. The van der Waals surface area contributed by atoms with Crippen LogP contribution < -0.4 is 5.32 Å². The molecule has 3 aromatic rings. The number of nitrogens with zero attached hydrogens (tertiary/aromatic N) is 4. The number of halogens is 2. The Morgan fingerprint density at radius 3 is 2.42 bits per heavy atom. The van der Waals surface area contributed by atoms with Gasteiger partial charge >= 0.3 is 0 Å². The molecular formula is C22H29Cl2N5O2. The lowest BCUT2D eigenvalue weighted by Gasteiger charge is -2.18. The fraction of sp³-hybridized carbons (Fsp3) is 0.500.